The van der Waals surface area contributed by atoms with Crippen LogP contribution in [-0.2, 0) is 0 Å². The number of carbonyl (C=O) groups is 1. The Balaban J connectivity index is 2.17. The van der Waals surface area contributed by atoms with Crippen LogP contribution in [0.25, 0.3) is 6.08 Å². The van der Waals surface area contributed by atoms with Gasteiger partial charge >= 0.3 is 0 Å². The van der Waals surface area contributed by atoms with E-state index in [-0.39, 0.29) is 5.78 Å². The van der Waals surface area contributed by atoms with Crippen LogP contribution in [0.3, 0.4) is 0 Å². The summed E-state index contributed by atoms with van der Waals surface area (Å²) >= 11 is 0. The summed E-state index contributed by atoms with van der Waals surface area (Å²) in [6, 6.07) is 16.3. The summed E-state index contributed by atoms with van der Waals surface area (Å²) in [4.78, 5) is 12.2. The Bertz CT molecular complexity index is 694. The summed E-state index contributed by atoms with van der Waals surface area (Å²) in [6.45, 7) is 2.40. The molecule has 0 unspecified atom stereocenters. The van der Waals surface area contributed by atoms with E-state index in [0.29, 0.717) is 23.5 Å². The molecule has 104 valence electrons. The van der Waals surface area contributed by atoms with Crippen LogP contribution in [0.4, 0.5) is 0 Å². The third kappa shape index (κ3) is 3.80. The third-order valence-electron chi connectivity index (χ3n) is 2.92. The predicted molar refractivity (Wildman–Crippen MR) is 82.1 cm³/mol. The van der Waals surface area contributed by atoms with Crippen molar-refractivity contribution in [1.29, 1.82) is 5.26 Å². The van der Waals surface area contributed by atoms with Crippen molar-refractivity contribution in [3.8, 4) is 11.8 Å². The summed E-state index contributed by atoms with van der Waals surface area (Å²) in [6.07, 6.45) is 3.24. The molecule has 3 nitrogen and oxygen atoms in total. The first-order valence-corrected chi connectivity index (χ1v) is 6.69. The standard InChI is InChI=1S/C18H15NO2/c1-2-21-18-6-4-3-5-16(18)17(20)12-11-14-7-9-15(13-19)10-8-14/h3-12H,2H2,1H3/b12-11+. The van der Waals surface area contributed by atoms with Crippen molar-refractivity contribution >= 4 is 11.9 Å². The number of nitrogens with zero attached hydrogens (tertiary/aromatic N) is 1. The summed E-state index contributed by atoms with van der Waals surface area (Å²) in [5.41, 5.74) is 2.01. The molecule has 21 heavy (non-hydrogen) atoms. The van der Waals surface area contributed by atoms with E-state index in [1.165, 1.54) is 6.08 Å². The van der Waals surface area contributed by atoms with Crippen LogP contribution >= 0.6 is 0 Å². The zero-order valence-corrected chi connectivity index (χ0v) is 11.7. The van der Waals surface area contributed by atoms with Crippen molar-refractivity contribution in [1.82, 2.24) is 0 Å². The highest BCUT2D eigenvalue weighted by Crippen LogP contribution is 2.19. The average Bonchev–Trinajstić information content (AvgIpc) is 2.54. The number of ether oxygens (including phenoxy) is 1. The molecule has 0 saturated heterocycles. The van der Waals surface area contributed by atoms with Crippen molar-refractivity contribution in [2.24, 2.45) is 0 Å². The second kappa shape index (κ2) is 7.06. The highest BCUT2D eigenvalue weighted by molar-refractivity contribution is 6.08. The molecule has 0 aliphatic carbocycles. The molecule has 3 heteroatoms. The van der Waals surface area contributed by atoms with Gasteiger partial charge in [0, 0.05) is 0 Å². The number of rotatable bonds is 5. The fraction of sp³-hybridized carbons (Fsp3) is 0.111. The summed E-state index contributed by atoms with van der Waals surface area (Å²) in [7, 11) is 0. The molecule has 2 aromatic carbocycles. The van der Waals surface area contributed by atoms with Crippen molar-refractivity contribution in [3.63, 3.8) is 0 Å². The maximum atomic E-state index is 12.2. The van der Waals surface area contributed by atoms with Gasteiger partial charge < -0.3 is 4.74 Å². The Morgan fingerprint density at radius 1 is 1.19 bits per heavy atom. The Kier molecular flexibility index (Phi) is 4.89. The van der Waals surface area contributed by atoms with Crippen LogP contribution in [0, 0.1) is 11.3 Å². The lowest BCUT2D eigenvalue weighted by atomic mass is 10.1. The summed E-state index contributed by atoms with van der Waals surface area (Å²) in [5, 5.41) is 8.74. The van der Waals surface area contributed by atoms with Gasteiger partial charge in [-0.05, 0) is 42.8 Å². The Morgan fingerprint density at radius 3 is 2.57 bits per heavy atom. The number of nitriles is 1. The first-order valence-electron chi connectivity index (χ1n) is 6.69. The predicted octanol–water partition coefficient (Wildman–Crippen LogP) is 3.85. The van der Waals surface area contributed by atoms with Gasteiger partial charge in [0.05, 0.1) is 23.8 Å². The van der Waals surface area contributed by atoms with E-state index in [2.05, 4.69) is 6.07 Å². The maximum absolute atomic E-state index is 12.2. The number of benzene rings is 2. The van der Waals surface area contributed by atoms with Gasteiger partial charge in [0.25, 0.3) is 0 Å². The number of para-hydroxylation sites is 1. The van der Waals surface area contributed by atoms with E-state index in [1.54, 1.807) is 42.5 Å². The molecule has 0 spiro atoms. The van der Waals surface area contributed by atoms with Crippen LogP contribution in [0.5, 0.6) is 5.75 Å². The highest BCUT2D eigenvalue weighted by Gasteiger charge is 2.08. The van der Waals surface area contributed by atoms with Gasteiger partial charge in [-0.25, -0.2) is 0 Å². The molecule has 0 aromatic heterocycles. The normalized spacial score (nSPS) is 10.3. The molecule has 0 radical (unpaired) electrons. The molecule has 0 amide bonds. The summed E-state index contributed by atoms with van der Waals surface area (Å²) < 4.78 is 5.45. The first kappa shape index (κ1) is 14.5. The van der Waals surface area contributed by atoms with Crippen molar-refractivity contribution in [3.05, 3.63) is 71.3 Å². The molecule has 0 heterocycles. The molecule has 2 rings (SSSR count). The third-order valence-corrected chi connectivity index (χ3v) is 2.92. The molecular weight excluding hydrogens is 262 g/mol. The van der Waals surface area contributed by atoms with Crippen LogP contribution in [0.15, 0.2) is 54.6 Å². The lowest BCUT2D eigenvalue weighted by molar-refractivity contribution is 0.104. The lowest BCUT2D eigenvalue weighted by Gasteiger charge is -2.06. The number of ketones is 1. The molecule has 0 aliphatic heterocycles. The van der Waals surface area contributed by atoms with Gasteiger partial charge in [-0.15, -0.1) is 0 Å². The largest absolute Gasteiger partial charge is 0.493 e. The SMILES string of the molecule is CCOc1ccccc1C(=O)/C=C/c1ccc(C#N)cc1. The van der Waals surface area contributed by atoms with Gasteiger partial charge in [0.15, 0.2) is 5.78 Å². The fourth-order valence-corrected chi connectivity index (χ4v) is 1.88. The number of hydrogen-bond donors (Lipinski definition) is 0. The minimum Gasteiger partial charge on any atom is -0.493 e. The summed E-state index contributed by atoms with van der Waals surface area (Å²) in [5.74, 6) is 0.484. The molecule has 0 atom stereocenters. The van der Waals surface area contributed by atoms with E-state index in [4.69, 9.17) is 10.00 Å². The number of hydrogen-bond acceptors (Lipinski definition) is 3. The molecular formula is C18H15NO2. The van der Waals surface area contributed by atoms with Crippen molar-refractivity contribution in [2.45, 2.75) is 6.92 Å². The van der Waals surface area contributed by atoms with Crippen LogP contribution in [0.1, 0.15) is 28.4 Å². The van der Waals surface area contributed by atoms with E-state index in [9.17, 15) is 4.79 Å². The molecule has 0 saturated carbocycles. The molecule has 2 aromatic rings. The minimum atomic E-state index is -0.108. The van der Waals surface area contributed by atoms with Gasteiger partial charge in [0.2, 0.25) is 0 Å². The van der Waals surface area contributed by atoms with E-state index < -0.39 is 0 Å². The van der Waals surface area contributed by atoms with Crippen molar-refractivity contribution in [2.75, 3.05) is 6.61 Å². The van der Waals surface area contributed by atoms with Crippen LogP contribution < -0.4 is 4.74 Å². The van der Waals surface area contributed by atoms with Gasteiger partial charge in [0.1, 0.15) is 5.75 Å². The Morgan fingerprint density at radius 2 is 1.90 bits per heavy atom. The topological polar surface area (TPSA) is 50.1 Å². The van der Waals surface area contributed by atoms with Gasteiger partial charge in [-0.3, -0.25) is 4.79 Å². The second-order valence-corrected chi connectivity index (χ2v) is 4.36. The lowest BCUT2D eigenvalue weighted by Crippen LogP contribution is -2.01. The zero-order chi connectivity index (χ0) is 15.1. The second-order valence-electron chi connectivity index (χ2n) is 4.36. The van der Waals surface area contributed by atoms with Crippen LogP contribution in [-0.4, -0.2) is 12.4 Å². The monoisotopic (exact) mass is 277 g/mol. The van der Waals surface area contributed by atoms with E-state index in [1.807, 2.05) is 19.1 Å². The van der Waals surface area contributed by atoms with Gasteiger partial charge in [-0.1, -0.05) is 30.3 Å². The molecule has 0 fully saturated rings. The first-order chi connectivity index (χ1) is 10.2. The molecule has 0 N–H and O–H groups in total. The number of carbonyl (C=O) groups excluding carboxylic acids is 1. The molecule has 0 bridgehead atoms. The maximum Gasteiger partial charge on any atom is 0.189 e. The smallest absolute Gasteiger partial charge is 0.189 e. The highest BCUT2D eigenvalue weighted by atomic mass is 16.5. The van der Waals surface area contributed by atoms with E-state index >= 15 is 0 Å². The zero-order valence-electron chi connectivity index (χ0n) is 11.7. The fourth-order valence-electron chi connectivity index (χ4n) is 1.88. The minimum absolute atomic E-state index is 0.108. The van der Waals surface area contributed by atoms with Crippen LogP contribution in [0.2, 0.25) is 0 Å². The Labute approximate surface area is 124 Å². The molecule has 0 aliphatic rings. The van der Waals surface area contributed by atoms with Gasteiger partial charge in [-0.2, -0.15) is 5.26 Å². The number of allylic oxidation sites excluding steroid dienone is 1. The average molecular weight is 277 g/mol. The Hall–Kier alpha value is -2.86. The quantitative estimate of drug-likeness (QED) is 0.616. The van der Waals surface area contributed by atoms with E-state index in [0.717, 1.165) is 5.56 Å². The van der Waals surface area contributed by atoms with Crippen molar-refractivity contribution < 1.29 is 9.53 Å².